The summed E-state index contributed by atoms with van der Waals surface area (Å²) in [7, 11) is -4.39. The van der Waals surface area contributed by atoms with Crippen LogP contribution in [0.15, 0.2) is 0 Å². The van der Waals surface area contributed by atoms with E-state index >= 15 is 0 Å². The van der Waals surface area contributed by atoms with Crippen LogP contribution in [0.2, 0.25) is 0 Å². The van der Waals surface area contributed by atoms with Gasteiger partial charge in [0.1, 0.15) is 0 Å². The monoisotopic (exact) mass is 280 g/mol. The maximum atomic E-state index is 11.0. The van der Waals surface area contributed by atoms with Crippen molar-refractivity contribution in [2.75, 3.05) is 0 Å². The Bertz CT molecular complexity index is 247. The average Bonchev–Trinajstić information content (AvgIpc) is 2.25. The van der Waals surface area contributed by atoms with Crippen LogP contribution < -0.4 is 0 Å². The van der Waals surface area contributed by atoms with Crippen molar-refractivity contribution in [3.8, 4) is 0 Å². The predicted molar refractivity (Wildman–Crippen MR) is 74.5 cm³/mol. The quantitative estimate of drug-likeness (QED) is 0.397. The fourth-order valence-electron chi connectivity index (χ4n) is 1.92. The molecule has 110 valence electrons. The van der Waals surface area contributed by atoms with Crippen molar-refractivity contribution in [2.24, 2.45) is 0 Å². The van der Waals surface area contributed by atoms with Crippen LogP contribution in [0.3, 0.4) is 0 Å². The van der Waals surface area contributed by atoms with Gasteiger partial charge in [-0.05, 0) is 19.8 Å². The first kappa shape index (κ1) is 18.1. The van der Waals surface area contributed by atoms with Crippen molar-refractivity contribution in [3.63, 3.8) is 0 Å². The molecule has 0 saturated carbocycles. The van der Waals surface area contributed by atoms with Gasteiger partial charge in [0.2, 0.25) is 0 Å². The van der Waals surface area contributed by atoms with E-state index in [4.69, 9.17) is 9.79 Å². The number of hydrogen-bond acceptors (Lipinski definition) is 2. The largest absolute Gasteiger partial charge is 0.378 e. The molecule has 0 rings (SSSR count). The van der Waals surface area contributed by atoms with Crippen LogP contribution >= 0.6 is 7.60 Å². The molecule has 0 saturated heterocycles. The van der Waals surface area contributed by atoms with E-state index in [1.807, 2.05) is 0 Å². The molecule has 4 nitrogen and oxygen atoms in total. The van der Waals surface area contributed by atoms with Gasteiger partial charge in [0.15, 0.2) is 5.34 Å². The van der Waals surface area contributed by atoms with Gasteiger partial charge >= 0.3 is 7.60 Å². The molecule has 0 bridgehead atoms. The fourth-order valence-corrected chi connectivity index (χ4v) is 2.37. The van der Waals surface area contributed by atoms with Crippen molar-refractivity contribution in [1.29, 1.82) is 0 Å². The lowest BCUT2D eigenvalue weighted by Crippen LogP contribution is -2.23. The Kier molecular flexibility index (Phi) is 9.14. The maximum Gasteiger partial charge on any atom is 0.356 e. The van der Waals surface area contributed by atoms with Crippen LogP contribution in [0.4, 0.5) is 0 Å². The van der Waals surface area contributed by atoms with E-state index in [0.717, 1.165) is 12.8 Å². The second kappa shape index (κ2) is 9.08. The lowest BCUT2D eigenvalue weighted by molar-refractivity contribution is 0.0971. The molecule has 0 radical (unpaired) electrons. The van der Waals surface area contributed by atoms with Crippen molar-refractivity contribution >= 4 is 7.60 Å². The van der Waals surface area contributed by atoms with Crippen molar-refractivity contribution < 1.29 is 19.5 Å². The van der Waals surface area contributed by atoms with E-state index in [1.165, 1.54) is 45.4 Å². The van der Waals surface area contributed by atoms with Crippen LogP contribution in [0, 0.1) is 0 Å². The van der Waals surface area contributed by atoms with Crippen molar-refractivity contribution in [1.82, 2.24) is 0 Å². The SMILES string of the molecule is CCCCCCCCCCCC(C)(O)P(=O)(O)O. The molecule has 0 aliphatic heterocycles. The molecule has 0 spiro atoms. The molecule has 0 fully saturated rings. The van der Waals surface area contributed by atoms with Gasteiger partial charge in [0.25, 0.3) is 0 Å². The molecule has 5 heteroatoms. The first-order chi connectivity index (χ1) is 8.31. The number of rotatable bonds is 11. The smallest absolute Gasteiger partial charge is 0.356 e. The second-order valence-electron chi connectivity index (χ2n) is 5.34. The molecular formula is C13H29O4P. The van der Waals surface area contributed by atoms with E-state index in [0.29, 0.717) is 6.42 Å². The zero-order valence-corrected chi connectivity index (χ0v) is 12.7. The van der Waals surface area contributed by atoms with Crippen LogP contribution in [0.1, 0.15) is 78.1 Å². The van der Waals surface area contributed by atoms with Gasteiger partial charge in [-0.25, -0.2) is 0 Å². The molecule has 18 heavy (non-hydrogen) atoms. The number of hydrogen-bond donors (Lipinski definition) is 3. The summed E-state index contributed by atoms with van der Waals surface area (Å²) in [6.07, 6.45) is 10.5. The van der Waals surface area contributed by atoms with Gasteiger partial charge in [-0.15, -0.1) is 0 Å². The molecule has 0 heterocycles. The summed E-state index contributed by atoms with van der Waals surface area (Å²) >= 11 is 0. The standard InChI is InChI=1S/C13H29O4P/c1-3-4-5-6-7-8-9-10-11-12-13(2,14)18(15,16)17/h14H,3-12H2,1-2H3,(H2,15,16,17). The first-order valence-electron chi connectivity index (χ1n) is 7.09. The third-order valence-electron chi connectivity index (χ3n) is 3.38. The molecule has 0 aliphatic rings. The zero-order valence-electron chi connectivity index (χ0n) is 11.8. The molecule has 0 aromatic carbocycles. The third-order valence-corrected chi connectivity index (χ3v) is 4.86. The van der Waals surface area contributed by atoms with E-state index in [9.17, 15) is 9.67 Å². The summed E-state index contributed by atoms with van der Waals surface area (Å²) in [5, 5.41) is 7.73. The Hall–Kier alpha value is 0.110. The number of aliphatic hydroxyl groups is 1. The summed E-state index contributed by atoms with van der Waals surface area (Å²) < 4.78 is 11.0. The van der Waals surface area contributed by atoms with E-state index in [-0.39, 0.29) is 6.42 Å². The lowest BCUT2D eigenvalue weighted by atomic mass is 10.1. The Morgan fingerprint density at radius 3 is 1.67 bits per heavy atom. The zero-order chi connectivity index (χ0) is 14.1. The highest BCUT2D eigenvalue weighted by molar-refractivity contribution is 7.53. The minimum Gasteiger partial charge on any atom is -0.378 e. The predicted octanol–water partition coefficient (Wildman–Crippen LogP) is 3.79. The summed E-state index contributed by atoms with van der Waals surface area (Å²) in [5.74, 6) is 0. The summed E-state index contributed by atoms with van der Waals surface area (Å²) in [6, 6.07) is 0. The van der Waals surface area contributed by atoms with Crippen molar-refractivity contribution in [3.05, 3.63) is 0 Å². The van der Waals surface area contributed by atoms with Crippen LogP contribution in [-0.4, -0.2) is 20.2 Å². The molecule has 3 N–H and O–H groups in total. The molecule has 0 aromatic rings. The van der Waals surface area contributed by atoms with Gasteiger partial charge < -0.3 is 14.9 Å². The third kappa shape index (κ3) is 8.25. The topological polar surface area (TPSA) is 77.8 Å². The highest BCUT2D eigenvalue weighted by Gasteiger charge is 2.39. The molecule has 0 amide bonds. The van der Waals surface area contributed by atoms with Crippen molar-refractivity contribution in [2.45, 2.75) is 83.4 Å². The lowest BCUT2D eigenvalue weighted by Gasteiger charge is -2.24. The highest BCUT2D eigenvalue weighted by Crippen LogP contribution is 2.51. The Morgan fingerprint density at radius 2 is 1.28 bits per heavy atom. The number of unbranched alkanes of at least 4 members (excludes halogenated alkanes) is 8. The molecule has 0 aromatic heterocycles. The highest BCUT2D eigenvalue weighted by atomic mass is 31.2. The average molecular weight is 280 g/mol. The normalized spacial score (nSPS) is 15.6. The maximum absolute atomic E-state index is 11.0. The summed E-state index contributed by atoms with van der Waals surface area (Å²) in [6.45, 7) is 3.42. The van der Waals surface area contributed by atoms with Gasteiger partial charge in [-0.1, -0.05) is 58.3 Å². The molecule has 1 unspecified atom stereocenters. The Balaban J connectivity index is 3.44. The second-order valence-corrected chi connectivity index (χ2v) is 7.39. The minimum absolute atomic E-state index is 0.174. The van der Waals surface area contributed by atoms with Crippen LogP contribution in [0.25, 0.3) is 0 Å². The van der Waals surface area contributed by atoms with E-state index in [1.54, 1.807) is 0 Å². The minimum atomic E-state index is -4.39. The Morgan fingerprint density at radius 1 is 0.889 bits per heavy atom. The summed E-state index contributed by atoms with van der Waals surface area (Å²) in [5.41, 5.74) is 0. The molecule has 0 aliphatic carbocycles. The Labute approximate surface area is 111 Å². The van der Waals surface area contributed by atoms with Crippen LogP contribution in [-0.2, 0) is 4.57 Å². The molecule has 1 atom stereocenters. The van der Waals surface area contributed by atoms with E-state index < -0.39 is 12.9 Å². The first-order valence-corrected chi connectivity index (χ1v) is 8.70. The fraction of sp³-hybridized carbons (Fsp3) is 1.00. The summed E-state index contributed by atoms with van der Waals surface area (Å²) in [4.78, 5) is 17.9. The van der Waals surface area contributed by atoms with Gasteiger partial charge in [-0.2, -0.15) is 0 Å². The van der Waals surface area contributed by atoms with Crippen LogP contribution in [0.5, 0.6) is 0 Å². The van der Waals surface area contributed by atoms with Gasteiger partial charge in [0.05, 0.1) is 0 Å². The van der Waals surface area contributed by atoms with Gasteiger partial charge in [0, 0.05) is 0 Å². The molecular weight excluding hydrogens is 251 g/mol. The van der Waals surface area contributed by atoms with E-state index in [2.05, 4.69) is 6.92 Å². The van der Waals surface area contributed by atoms with Gasteiger partial charge in [-0.3, -0.25) is 4.57 Å².